The standard InChI is InChI=1S/C25H23FN2O4/c26-19-11-8-18(9-12-19)23(29)16-32-24(30)15-20-6-3-4-14-28(20)25(31)22-13-10-17-5-1-2-7-21(17)27-22/h1-2,5,7-13,20H,3-4,6,14-16H2/t20-/m1/s1. The molecule has 1 aromatic heterocycles. The zero-order chi connectivity index (χ0) is 22.5. The van der Waals surface area contributed by atoms with Gasteiger partial charge in [0, 0.05) is 23.5 Å². The van der Waals surface area contributed by atoms with E-state index in [-0.39, 0.29) is 23.9 Å². The van der Waals surface area contributed by atoms with Gasteiger partial charge in [-0.1, -0.05) is 24.3 Å². The molecule has 0 bridgehead atoms. The number of amides is 1. The SMILES string of the molecule is O=C(C[C@H]1CCCCN1C(=O)c1ccc2ccccc2n1)OCC(=O)c1ccc(F)cc1. The van der Waals surface area contributed by atoms with Gasteiger partial charge in [-0.3, -0.25) is 14.4 Å². The number of rotatable bonds is 6. The molecule has 1 amide bonds. The number of aromatic nitrogens is 1. The van der Waals surface area contributed by atoms with Gasteiger partial charge in [-0.2, -0.15) is 0 Å². The molecule has 1 aliphatic heterocycles. The van der Waals surface area contributed by atoms with Gasteiger partial charge in [-0.25, -0.2) is 9.37 Å². The average Bonchev–Trinajstić information content (AvgIpc) is 2.82. The van der Waals surface area contributed by atoms with E-state index in [9.17, 15) is 18.8 Å². The molecule has 32 heavy (non-hydrogen) atoms. The molecule has 0 aliphatic carbocycles. The monoisotopic (exact) mass is 434 g/mol. The van der Waals surface area contributed by atoms with Gasteiger partial charge >= 0.3 is 5.97 Å². The molecule has 2 heterocycles. The minimum atomic E-state index is -0.545. The van der Waals surface area contributed by atoms with E-state index in [0.29, 0.717) is 18.7 Å². The number of fused-ring (bicyclic) bond motifs is 1. The molecule has 0 radical (unpaired) electrons. The third kappa shape index (κ3) is 4.99. The molecule has 1 fully saturated rings. The number of benzene rings is 2. The normalized spacial score (nSPS) is 16.0. The maximum atomic E-state index is 13.1. The Morgan fingerprint density at radius 3 is 2.59 bits per heavy atom. The van der Waals surface area contributed by atoms with E-state index in [1.807, 2.05) is 30.3 Å². The van der Waals surface area contributed by atoms with Crippen LogP contribution in [-0.2, 0) is 9.53 Å². The zero-order valence-corrected chi connectivity index (χ0v) is 17.5. The number of piperidine rings is 1. The van der Waals surface area contributed by atoms with Crippen LogP contribution in [0.2, 0.25) is 0 Å². The van der Waals surface area contributed by atoms with Crippen molar-refractivity contribution in [1.82, 2.24) is 9.88 Å². The topological polar surface area (TPSA) is 76.6 Å². The first-order valence-electron chi connectivity index (χ1n) is 10.6. The summed E-state index contributed by atoms with van der Waals surface area (Å²) >= 11 is 0. The number of pyridine rings is 1. The van der Waals surface area contributed by atoms with Crippen molar-refractivity contribution < 1.29 is 23.5 Å². The van der Waals surface area contributed by atoms with Crippen LogP contribution in [0.3, 0.4) is 0 Å². The summed E-state index contributed by atoms with van der Waals surface area (Å²) in [6, 6.07) is 15.9. The maximum Gasteiger partial charge on any atom is 0.308 e. The largest absolute Gasteiger partial charge is 0.457 e. The Bertz CT molecular complexity index is 1150. The van der Waals surface area contributed by atoms with Crippen LogP contribution in [-0.4, -0.2) is 46.7 Å². The summed E-state index contributed by atoms with van der Waals surface area (Å²) in [5.74, 6) is -1.61. The molecular weight excluding hydrogens is 411 g/mol. The number of carbonyl (C=O) groups is 3. The molecule has 6 nitrogen and oxygen atoms in total. The van der Waals surface area contributed by atoms with Crippen LogP contribution in [0.5, 0.6) is 0 Å². The fourth-order valence-corrected chi connectivity index (χ4v) is 3.93. The number of likely N-dealkylation sites (tertiary alicyclic amines) is 1. The molecular formula is C25H23FN2O4. The van der Waals surface area contributed by atoms with Gasteiger partial charge in [0.1, 0.15) is 11.5 Å². The number of esters is 1. The molecule has 7 heteroatoms. The van der Waals surface area contributed by atoms with E-state index in [0.717, 1.165) is 23.7 Å². The van der Waals surface area contributed by atoms with Crippen LogP contribution in [0.4, 0.5) is 4.39 Å². The fourth-order valence-electron chi connectivity index (χ4n) is 3.93. The molecule has 0 saturated carbocycles. The number of Topliss-reactive ketones (excluding diaryl/α,β-unsaturated/α-hetero) is 1. The second-order valence-electron chi connectivity index (χ2n) is 7.83. The molecule has 1 saturated heterocycles. The number of halogens is 1. The summed E-state index contributed by atoms with van der Waals surface area (Å²) in [4.78, 5) is 43.8. The highest BCUT2D eigenvalue weighted by Gasteiger charge is 2.30. The van der Waals surface area contributed by atoms with Crippen LogP contribution >= 0.6 is 0 Å². The Labute approximate surface area is 185 Å². The van der Waals surface area contributed by atoms with Gasteiger partial charge in [0.2, 0.25) is 0 Å². The number of ether oxygens (including phenoxy) is 1. The van der Waals surface area contributed by atoms with E-state index in [1.165, 1.54) is 24.3 Å². The first-order chi connectivity index (χ1) is 15.5. The van der Waals surface area contributed by atoms with Gasteiger partial charge in [-0.15, -0.1) is 0 Å². The third-order valence-electron chi connectivity index (χ3n) is 5.64. The van der Waals surface area contributed by atoms with E-state index >= 15 is 0 Å². The summed E-state index contributed by atoms with van der Waals surface area (Å²) in [7, 11) is 0. The number of para-hydroxylation sites is 1. The smallest absolute Gasteiger partial charge is 0.308 e. The molecule has 4 rings (SSSR count). The van der Waals surface area contributed by atoms with Crippen molar-refractivity contribution in [2.75, 3.05) is 13.2 Å². The molecule has 0 N–H and O–H groups in total. The Morgan fingerprint density at radius 2 is 1.78 bits per heavy atom. The molecule has 0 unspecified atom stereocenters. The average molecular weight is 434 g/mol. The van der Waals surface area contributed by atoms with Gasteiger partial charge in [0.05, 0.1) is 11.9 Å². The van der Waals surface area contributed by atoms with Crippen LogP contribution in [0.1, 0.15) is 46.5 Å². The Balaban J connectivity index is 1.39. The van der Waals surface area contributed by atoms with E-state index in [2.05, 4.69) is 4.98 Å². The van der Waals surface area contributed by atoms with E-state index in [4.69, 9.17) is 4.74 Å². The fraction of sp³-hybridized carbons (Fsp3) is 0.280. The first-order valence-corrected chi connectivity index (χ1v) is 10.6. The van der Waals surface area contributed by atoms with Crippen LogP contribution in [0.25, 0.3) is 10.9 Å². The highest BCUT2D eigenvalue weighted by atomic mass is 19.1. The number of nitrogens with zero attached hydrogens (tertiary/aromatic N) is 2. The Hall–Kier alpha value is -3.61. The lowest BCUT2D eigenvalue weighted by atomic mass is 9.98. The first kappa shape index (κ1) is 21.6. The maximum absolute atomic E-state index is 13.1. The van der Waals surface area contributed by atoms with Crippen LogP contribution < -0.4 is 0 Å². The van der Waals surface area contributed by atoms with Crippen molar-refractivity contribution >= 4 is 28.6 Å². The van der Waals surface area contributed by atoms with Crippen molar-refractivity contribution in [2.24, 2.45) is 0 Å². The number of carbonyl (C=O) groups excluding carboxylic acids is 3. The van der Waals surface area contributed by atoms with Crippen molar-refractivity contribution in [3.8, 4) is 0 Å². The van der Waals surface area contributed by atoms with Gasteiger partial charge in [0.25, 0.3) is 5.91 Å². The number of hydrogen-bond acceptors (Lipinski definition) is 5. The highest BCUT2D eigenvalue weighted by molar-refractivity contribution is 5.98. The number of ketones is 1. The summed E-state index contributed by atoms with van der Waals surface area (Å²) < 4.78 is 18.1. The van der Waals surface area contributed by atoms with Crippen molar-refractivity contribution in [3.63, 3.8) is 0 Å². The quantitative estimate of drug-likeness (QED) is 0.430. The third-order valence-corrected chi connectivity index (χ3v) is 5.64. The predicted octanol–water partition coefficient (Wildman–Crippen LogP) is 4.18. The van der Waals surface area contributed by atoms with Gasteiger partial charge < -0.3 is 9.64 Å². The molecule has 2 aromatic carbocycles. The minimum absolute atomic E-state index is 0.00994. The van der Waals surface area contributed by atoms with E-state index < -0.39 is 24.2 Å². The summed E-state index contributed by atoms with van der Waals surface area (Å²) in [5.41, 5.74) is 1.36. The summed E-state index contributed by atoms with van der Waals surface area (Å²) in [6.07, 6.45) is 2.45. The van der Waals surface area contributed by atoms with Crippen molar-refractivity contribution in [3.05, 3.63) is 77.7 Å². The van der Waals surface area contributed by atoms with Gasteiger partial charge in [0.15, 0.2) is 12.4 Å². The lowest BCUT2D eigenvalue weighted by molar-refractivity contribution is -0.143. The second kappa shape index (κ2) is 9.68. The molecule has 164 valence electrons. The van der Waals surface area contributed by atoms with Crippen LogP contribution in [0, 0.1) is 5.82 Å². The zero-order valence-electron chi connectivity index (χ0n) is 17.5. The lowest BCUT2D eigenvalue weighted by Gasteiger charge is -2.35. The second-order valence-corrected chi connectivity index (χ2v) is 7.83. The van der Waals surface area contributed by atoms with Gasteiger partial charge in [-0.05, 0) is 55.7 Å². The Morgan fingerprint density at radius 1 is 1.00 bits per heavy atom. The van der Waals surface area contributed by atoms with Crippen molar-refractivity contribution in [2.45, 2.75) is 31.7 Å². The lowest BCUT2D eigenvalue weighted by Crippen LogP contribution is -2.45. The van der Waals surface area contributed by atoms with Crippen LogP contribution in [0.15, 0.2) is 60.7 Å². The minimum Gasteiger partial charge on any atom is -0.457 e. The summed E-state index contributed by atoms with van der Waals surface area (Å²) in [5, 5.41) is 0.952. The van der Waals surface area contributed by atoms with Crippen molar-refractivity contribution in [1.29, 1.82) is 0 Å². The van der Waals surface area contributed by atoms with E-state index in [1.54, 1.807) is 11.0 Å². The predicted molar refractivity (Wildman–Crippen MR) is 117 cm³/mol. The number of hydrogen-bond donors (Lipinski definition) is 0. The molecule has 1 aliphatic rings. The highest BCUT2D eigenvalue weighted by Crippen LogP contribution is 2.23. The molecule has 0 spiro atoms. The molecule has 1 atom stereocenters. The summed E-state index contributed by atoms with van der Waals surface area (Å²) in [6.45, 7) is 0.122. The molecule has 3 aromatic rings. The Kier molecular flexibility index (Phi) is 6.54.